The van der Waals surface area contributed by atoms with Crippen LogP contribution in [-0.2, 0) is 14.8 Å². The van der Waals surface area contributed by atoms with Crippen LogP contribution in [0.3, 0.4) is 0 Å². The van der Waals surface area contributed by atoms with Gasteiger partial charge in [0.2, 0.25) is 10.0 Å². The molecule has 0 unspecified atom stereocenters. The van der Waals surface area contributed by atoms with E-state index < -0.39 is 16.0 Å². The fourth-order valence-corrected chi connectivity index (χ4v) is 5.42. The summed E-state index contributed by atoms with van der Waals surface area (Å²) in [5.74, 6) is -0.894. The number of nitrogen functional groups attached to an aromatic ring is 1. The molecule has 1 aliphatic rings. The van der Waals surface area contributed by atoms with E-state index in [2.05, 4.69) is 0 Å². The molecule has 180 valence electrons. The second-order valence-electron chi connectivity index (χ2n) is 7.84. The van der Waals surface area contributed by atoms with E-state index in [1.807, 2.05) is 12.1 Å². The molecule has 4 rings (SSSR count). The first-order valence-corrected chi connectivity index (χ1v) is 12.2. The Kier molecular flexibility index (Phi) is 6.59. The number of sulfonamides is 1. The number of nitrogens with zero attached hydrogens (tertiary/aromatic N) is 4. The van der Waals surface area contributed by atoms with Gasteiger partial charge in [0, 0.05) is 43.6 Å². The molecule has 0 radical (unpaired) electrons. The van der Waals surface area contributed by atoms with E-state index in [4.69, 9.17) is 10.5 Å². The van der Waals surface area contributed by atoms with Gasteiger partial charge in [-0.25, -0.2) is 13.2 Å². The van der Waals surface area contributed by atoms with Crippen LogP contribution < -0.4 is 5.73 Å². The predicted molar refractivity (Wildman–Crippen MR) is 127 cm³/mol. The quantitative estimate of drug-likeness (QED) is 0.535. The average molecular weight is 494 g/mol. The lowest BCUT2D eigenvalue weighted by atomic mass is 10.2. The van der Waals surface area contributed by atoms with Gasteiger partial charge in [0.15, 0.2) is 5.69 Å². The highest BCUT2D eigenvalue weighted by Crippen LogP contribution is 2.27. The van der Waals surface area contributed by atoms with Crippen molar-refractivity contribution in [2.75, 3.05) is 39.0 Å². The molecule has 1 fully saturated rings. The van der Waals surface area contributed by atoms with Crippen molar-refractivity contribution in [3.8, 4) is 11.8 Å². The van der Waals surface area contributed by atoms with Crippen LogP contribution >= 0.6 is 0 Å². The number of hydrogen-bond donors (Lipinski definition) is 1. The fourth-order valence-electron chi connectivity index (χ4n) is 3.96. The third kappa shape index (κ3) is 4.49. The van der Waals surface area contributed by atoms with Crippen molar-refractivity contribution < 1.29 is 22.7 Å². The highest BCUT2D eigenvalue weighted by Gasteiger charge is 2.31. The number of carbonyl (C=O) groups is 2. The van der Waals surface area contributed by atoms with Crippen molar-refractivity contribution in [2.24, 2.45) is 0 Å². The summed E-state index contributed by atoms with van der Waals surface area (Å²) in [7, 11) is -2.70. The largest absolute Gasteiger partial charge is 0.464 e. The molecule has 2 N–H and O–H groups in total. The molecule has 0 spiro atoms. The Morgan fingerprint density at radius 1 is 1.03 bits per heavy atom. The molecule has 1 saturated heterocycles. The molecule has 0 saturated carbocycles. The summed E-state index contributed by atoms with van der Waals surface area (Å²) in [5.41, 5.74) is 6.79. The Balaban J connectivity index is 1.58. The van der Waals surface area contributed by atoms with Gasteiger partial charge in [0.1, 0.15) is 6.07 Å². The smallest absolute Gasteiger partial charge is 0.357 e. The lowest BCUT2D eigenvalue weighted by Crippen LogP contribution is -2.50. The van der Waals surface area contributed by atoms with Crippen LogP contribution in [0.1, 0.15) is 26.4 Å². The first kappa shape index (κ1) is 24.0. The minimum Gasteiger partial charge on any atom is -0.464 e. The van der Waals surface area contributed by atoms with Crippen LogP contribution in [0.5, 0.6) is 0 Å². The molecule has 35 heavy (non-hydrogen) atoms. The highest BCUT2D eigenvalue weighted by atomic mass is 32.2. The van der Waals surface area contributed by atoms with Crippen molar-refractivity contribution >= 4 is 27.6 Å². The van der Waals surface area contributed by atoms with Crippen molar-refractivity contribution in [3.63, 3.8) is 0 Å². The first-order valence-electron chi connectivity index (χ1n) is 10.7. The number of methoxy groups -OCH3 is 1. The lowest BCUT2D eigenvalue weighted by molar-refractivity contribution is 0.0592. The molecule has 1 aliphatic heterocycles. The van der Waals surface area contributed by atoms with Crippen molar-refractivity contribution in [1.29, 1.82) is 5.26 Å². The number of esters is 1. The number of benzene rings is 2. The summed E-state index contributed by atoms with van der Waals surface area (Å²) < 4.78 is 34.2. The van der Waals surface area contributed by atoms with E-state index in [0.29, 0.717) is 11.3 Å². The maximum absolute atomic E-state index is 13.4. The Labute approximate surface area is 202 Å². The number of nitrogens with two attached hydrogens (primary N) is 1. The van der Waals surface area contributed by atoms with Gasteiger partial charge in [-0.1, -0.05) is 24.3 Å². The zero-order valence-electron chi connectivity index (χ0n) is 18.9. The maximum atomic E-state index is 13.4. The number of anilines is 1. The topological polar surface area (TPSA) is 139 Å². The van der Waals surface area contributed by atoms with Crippen LogP contribution in [0.25, 0.3) is 5.69 Å². The van der Waals surface area contributed by atoms with Gasteiger partial charge in [-0.15, -0.1) is 0 Å². The van der Waals surface area contributed by atoms with Gasteiger partial charge in [-0.05, 0) is 30.3 Å². The van der Waals surface area contributed by atoms with Gasteiger partial charge in [0.25, 0.3) is 5.91 Å². The summed E-state index contributed by atoms with van der Waals surface area (Å²) in [6.07, 6.45) is 1.36. The maximum Gasteiger partial charge on any atom is 0.357 e. The third-order valence-electron chi connectivity index (χ3n) is 5.82. The number of aromatic nitrogens is 1. The van der Waals surface area contributed by atoms with Crippen LogP contribution in [0.4, 0.5) is 5.69 Å². The first-order chi connectivity index (χ1) is 16.8. The Morgan fingerprint density at radius 2 is 1.71 bits per heavy atom. The minimum atomic E-state index is -3.88. The number of piperazine rings is 1. The monoisotopic (exact) mass is 493 g/mol. The van der Waals surface area contributed by atoms with Crippen molar-refractivity contribution in [2.45, 2.75) is 4.90 Å². The van der Waals surface area contributed by atoms with E-state index in [-0.39, 0.29) is 53.9 Å². The SMILES string of the molecule is COC(=O)c1c(N)c(C#N)cn1-c1cccc(S(=O)(=O)N2CCN(C(=O)c3ccccc3)CC2)c1. The van der Waals surface area contributed by atoms with Crippen molar-refractivity contribution in [1.82, 2.24) is 13.8 Å². The molecular formula is C24H23N5O5S. The molecule has 11 heteroatoms. The van der Waals surface area contributed by atoms with Crippen LogP contribution in [0.2, 0.25) is 0 Å². The van der Waals surface area contributed by atoms with E-state index in [0.717, 1.165) is 0 Å². The molecule has 2 heterocycles. The van der Waals surface area contributed by atoms with Crippen LogP contribution in [0.15, 0.2) is 65.7 Å². The summed E-state index contributed by atoms with van der Waals surface area (Å²) >= 11 is 0. The fraction of sp³-hybridized carbons (Fsp3) is 0.208. The van der Waals surface area contributed by atoms with Gasteiger partial charge < -0.3 is 19.9 Å². The van der Waals surface area contributed by atoms with Crippen molar-refractivity contribution in [3.05, 3.63) is 77.6 Å². The lowest BCUT2D eigenvalue weighted by Gasteiger charge is -2.34. The molecule has 1 aromatic heterocycles. The summed E-state index contributed by atoms with van der Waals surface area (Å²) in [6.45, 7) is 0.818. The van der Waals surface area contributed by atoms with E-state index in [1.54, 1.807) is 41.3 Å². The Hall–Kier alpha value is -4.14. The number of amides is 1. The molecule has 0 bridgehead atoms. The number of nitriles is 1. The Morgan fingerprint density at radius 3 is 2.34 bits per heavy atom. The van der Waals surface area contributed by atoms with Gasteiger partial charge >= 0.3 is 5.97 Å². The summed E-state index contributed by atoms with van der Waals surface area (Å²) in [4.78, 5) is 26.6. The average Bonchev–Trinajstić information content (AvgIpc) is 3.24. The zero-order valence-corrected chi connectivity index (χ0v) is 19.7. The van der Waals surface area contributed by atoms with Gasteiger partial charge in [-0.2, -0.15) is 9.57 Å². The Bertz CT molecular complexity index is 1420. The molecule has 2 aromatic carbocycles. The number of carbonyl (C=O) groups excluding carboxylic acids is 2. The predicted octanol–water partition coefficient (Wildman–Crippen LogP) is 1.86. The van der Waals surface area contributed by atoms with Crippen LogP contribution in [0, 0.1) is 11.3 Å². The standard InChI is InChI=1S/C24H23N5O5S/c1-34-24(31)22-21(26)18(15-25)16-29(22)19-8-5-9-20(14-19)35(32,33)28-12-10-27(11-13-28)23(30)17-6-3-2-4-7-17/h2-9,14,16H,10-13,26H2,1H3. The number of ether oxygens (including phenoxy) is 1. The molecule has 3 aromatic rings. The van der Waals surface area contributed by atoms with E-state index in [9.17, 15) is 23.3 Å². The van der Waals surface area contributed by atoms with E-state index >= 15 is 0 Å². The third-order valence-corrected chi connectivity index (χ3v) is 7.72. The second-order valence-corrected chi connectivity index (χ2v) is 9.78. The molecule has 1 amide bonds. The highest BCUT2D eigenvalue weighted by molar-refractivity contribution is 7.89. The molecule has 0 aliphatic carbocycles. The number of rotatable bonds is 5. The van der Waals surface area contributed by atoms with E-state index in [1.165, 1.54) is 34.3 Å². The number of hydrogen-bond acceptors (Lipinski definition) is 7. The second kappa shape index (κ2) is 9.61. The summed E-state index contributed by atoms with van der Waals surface area (Å²) in [6, 6.07) is 16.8. The zero-order chi connectivity index (χ0) is 25.2. The normalized spacial score (nSPS) is 14.3. The molecule has 10 nitrogen and oxygen atoms in total. The van der Waals surface area contributed by atoms with Crippen LogP contribution in [-0.4, -0.2) is 67.4 Å². The summed E-state index contributed by atoms with van der Waals surface area (Å²) in [5, 5.41) is 9.32. The minimum absolute atomic E-state index is 0.0134. The van der Waals surface area contributed by atoms with Gasteiger partial charge in [-0.3, -0.25) is 4.79 Å². The molecule has 0 atom stereocenters. The van der Waals surface area contributed by atoms with Gasteiger partial charge in [0.05, 0.1) is 23.3 Å². The molecular weight excluding hydrogens is 470 g/mol.